The van der Waals surface area contributed by atoms with Gasteiger partial charge in [0.05, 0.1) is 7.11 Å². The lowest BCUT2D eigenvalue weighted by molar-refractivity contribution is -0.113. The summed E-state index contributed by atoms with van der Waals surface area (Å²) >= 11 is 5.93. The molecule has 0 aliphatic heterocycles. The van der Waals surface area contributed by atoms with Crippen molar-refractivity contribution in [1.82, 2.24) is 5.32 Å². The summed E-state index contributed by atoms with van der Waals surface area (Å²) in [5.41, 5.74) is 1.86. The Labute approximate surface area is 174 Å². The Morgan fingerprint density at radius 1 is 0.897 bits per heavy atom. The maximum atomic E-state index is 12.9. The van der Waals surface area contributed by atoms with Gasteiger partial charge in [0.25, 0.3) is 11.8 Å². The first-order chi connectivity index (χ1) is 14.0. The van der Waals surface area contributed by atoms with Gasteiger partial charge in [0.15, 0.2) is 0 Å². The van der Waals surface area contributed by atoms with Gasteiger partial charge in [-0.15, -0.1) is 0 Å². The number of nitrogens with one attached hydrogen (secondary N) is 2. The van der Waals surface area contributed by atoms with Crippen molar-refractivity contribution in [2.24, 2.45) is 0 Å². The molecule has 0 bridgehead atoms. The molecular formula is C23H19ClN2O3. The minimum atomic E-state index is -0.450. The second-order valence-electron chi connectivity index (χ2n) is 6.11. The molecule has 0 saturated carbocycles. The van der Waals surface area contributed by atoms with E-state index in [4.69, 9.17) is 16.3 Å². The van der Waals surface area contributed by atoms with Crippen LogP contribution in [0.3, 0.4) is 0 Å². The van der Waals surface area contributed by atoms with Crippen LogP contribution >= 0.6 is 11.6 Å². The molecule has 2 N–H and O–H groups in total. The number of benzene rings is 3. The van der Waals surface area contributed by atoms with Crippen LogP contribution in [0.4, 0.5) is 5.69 Å². The van der Waals surface area contributed by atoms with Crippen molar-refractivity contribution in [3.05, 3.63) is 101 Å². The van der Waals surface area contributed by atoms with Gasteiger partial charge < -0.3 is 15.4 Å². The van der Waals surface area contributed by atoms with Gasteiger partial charge in [-0.3, -0.25) is 9.59 Å². The van der Waals surface area contributed by atoms with E-state index in [1.54, 1.807) is 86.0 Å². The van der Waals surface area contributed by atoms with E-state index in [-0.39, 0.29) is 11.6 Å². The van der Waals surface area contributed by atoms with Gasteiger partial charge in [0.1, 0.15) is 11.4 Å². The lowest BCUT2D eigenvalue weighted by Gasteiger charge is -2.12. The maximum absolute atomic E-state index is 12.9. The van der Waals surface area contributed by atoms with Crippen LogP contribution in [0.5, 0.6) is 5.75 Å². The van der Waals surface area contributed by atoms with Crippen LogP contribution in [-0.4, -0.2) is 18.9 Å². The molecule has 3 rings (SSSR count). The zero-order valence-corrected chi connectivity index (χ0v) is 16.4. The monoisotopic (exact) mass is 406 g/mol. The Kier molecular flexibility index (Phi) is 6.66. The number of hydrogen-bond donors (Lipinski definition) is 2. The van der Waals surface area contributed by atoms with E-state index in [0.29, 0.717) is 22.0 Å². The second-order valence-corrected chi connectivity index (χ2v) is 6.55. The summed E-state index contributed by atoms with van der Waals surface area (Å²) in [6.45, 7) is 0. The standard InChI is InChI=1S/C23H19ClN2O3/c1-29-20-13-11-19(12-14-20)25-23(28)21(15-16-7-9-18(24)10-8-16)26-22(27)17-5-3-2-4-6-17/h2-15H,1H3,(H,25,28)(H,26,27). The highest BCUT2D eigenvalue weighted by molar-refractivity contribution is 6.30. The van der Waals surface area contributed by atoms with Crippen molar-refractivity contribution in [1.29, 1.82) is 0 Å². The molecule has 2 amide bonds. The third-order valence-corrected chi connectivity index (χ3v) is 4.31. The number of anilines is 1. The highest BCUT2D eigenvalue weighted by Gasteiger charge is 2.15. The number of rotatable bonds is 6. The predicted octanol–water partition coefficient (Wildman–Crippen LogP) is 4.76. The molecular weight excluding hydrogens is 388 g/mol. The molecule has 0 atom stereocenters. The normalized spacial score (nSPS) is 10.9. The SMILES string of the molecule is COc1ccc(NC(=O)C(=Cc2ccc(Cl)cc2)NC(=O)c2ccccc2)cc1. The fourth-order valence-electron chi connectivity index (χ4n) is 2.54. The van der Waals surface area contributed by atoms with Crippen LogP contribution in [0.2, 0.25) is 5.02 Å². The summed E-state index contributed by atoms with van der Waals surface area (Å²) in [5, 5.41) is 6.05. The molecule has 0 unspecified atom stereocenters. The molecule has 146 valence electrons. The zero-order chi connectivity index (χ0) is 20.6. The smallest absolute Gasteiger partial charge is 0.272 e. The first kappa shape index (κ1) is 20.2. The molecule has 0 aromatic heterocycles. The largest absolute Gasteiger partial charge is 0.497 e. The number of methoxy groups -OCH3 is 1. The van der Waals surface area contributed by atoms with Crippen LogP contribution in [0, 0.1) is 0 Å². The van der Waals surface area contributed by atoms with Crippen molar-refractivity contribution in [2.75, 3.05) is 12.4 Å². The van der Waals surface area contributed by atoms with Crippen molar-refractivity contribution < 1.29 is 14.3 Å². The van der Waals surface area contributed by atoms with Crippen molar-refractivity contribution in [3.63, 3.8) is 0 Å². The molecule has 6 heteroatoms. The minimum Gasteiger partial charge on any atom is -0.497 e. The Morgan fingerprint density at radius 3 is 2.17 bits per heavy atom. The van der Waals surface area contributed by atoms with E-state index in [1.807, 2.05) is 6.07 Å². The first-order valence-electron chi connectivity index (χ1n) is 8.84. The molecule has 3 aromatic rings. The van der Waals surface area contributed by atoms with Gasteiger partial charge in [-0.2, -0.15) is 0 Å². The summed E-state index contributed by atoms with van der Waals surface area (Å²) in [7, 11) is 1.57. The molecule has 3 aromatic carbocycles. The van der Waals surface area contributed by atoms with Crippen molar-refractivity contribution in [2.45, 2.75) is 0 Å². The highest BCUT2D eigenvalue weighted by Crippen LogP contribution is 2.17. The van der Waals surface area contributed by atoms with Gasteiger partial charge in [-0.25, -0.2) is 0 Å². The van der Waals surface area contributed by atoms with Gasteiger partial charge in [-0.05, 0) is 60.2 Å². The topological polar surface area (TPSA) is 67.4 Å². The van der Waals surface area contributed by atoms with Gasteiger partial charge >= 0.3 is 0 Å². The Morgan fingerprint density at radius 2 is 1.55 bits per heavy atom. The third-order valence-electron chi connectivity index (χ3n) is 4.06. The number of halogens is 1. The average Bonchev–Trinajstić information content (AvgIpc) is 2.76. The first-order valence-corrected chi connectivity index (χ1v) is 9.22. The lowest BCUT2D eigenvalue weighted by Crippen LogP contribution is -2.30. The summed E-state index contributed by atoms with van der Waals surface area (Å²) in [4.78, 5) is 25.4. The van der Waals surface area contributed by atoms with E-state index in [9.17, 15) is 9.59 Å². The van der Waals surface area contributed by atoms with Crippen LogP contribution in [0.1, 0.15) is 15.9 Å². The molecule has 29 heavy (non-hydrogen) atoms. The molecule has 0 aliphatic rings. The van der Waals surface area contributed by atoms with Crippen LogP contribution in [-0.2, 0) is 4.79 Å². The highest BCUT2D eigenvalue weighted by atomic mass is 35.5. The molecule has 0 radical (unpaired) electrons. The Balaban J connectivity index is 1.85. The molecule has 0 spiro atoms. The number of amides is 2. The van der Waals surface area contributed by atoms with Gasteiger partial charge in [0.2, 0.25) is 0 Å². The summed E-state index contributed by atoms with van der Waals surface area (Å²) in [6.07, 6.45) is 1.59. The van der Waals surface area contributed by atoms with Crippen LogP contribution < -0.4 is 15.4 Å². The second kappa shape index (κ2) is 9.57. The Bertz CT molecular complexity index is 1010. The minimum absolute atomic E-state index is 0.108. The zero-order valence-electron chi connectivity index (χ0n) is 15.7. The van der Waals surface area contributed by atoms with Crippen molar-refractivity contribution in [3.8, 4) is 5.75 Å². The summed E-state index contributed by atoms with van der Waals surface area (Å²) in [6, 6.07) is 22.5. The fourth-order valence-corrected chi connectivity index (χ4v) is 2.67. The quantitative estimate of drug-likeness (QED) is 0.580. The molecule has 0 saturated heterocycles. The molecule has 0 heterocycles. The number of hydrogen-bond acceptors (Lipinski definition) is 3. The van der Waals surface area contributed by atoms with E-state index >= 15 is 0 Å². The van der Waals surface area contributed by atoms with Crippen molar-refractivity contribution >= 4 is 35.2 Å². The molecule has 0 fully saturated rings. The molecule has 0 aliphatic carbocycles. The predicted molar refractivity (Wildman–Crippen MR) is 115 cm³/mol. The fraction of sp³-hybridized carbons (Fsp3) is 0.0435. The number of ether oxygens (including phenoxy) is 1. The lowest BCUT2D eigenvalue weighted by atomic mass is 10.1. The number of carbonyl (C=O) groups is 2. The maximum Gasteiger partial charge on any atom is 0.272 e. The van der Waals surface area contributed by atoms with E-state index in [0.717, 1.165) is 5.56 Å². The van der Waals surface area contributed by atoms with E-state index in [2.05, 4.69) is 10.6 Å². The van der Waals surface area contributed by atoms with E-state index in [1.165, 1.54) is 0 Å². The summed E-state index contributed by atoms with van der Waals surface area (Å²) < 4.78 is 5.12. The summed E-state index contributed by atoms with van der Waals surface area (Å²) in [5.74, 6) is -0.151. The van der Waals surface area contributed by atoms with Crippen LogP contribution in [0.15, 0.2) is 84.6 Å². The Hall–Kier alpha value is -3.57. The molecule has 5 nitrogen and oxygen atoms in total. The average molecular weight is 407 g/mol. The van der Waals surface area contributed by atoms with Gasteiger partial charge in [-0.1, -0.05) is 41.9 Å². The van der Waals surface area contributed by atoms with Gasteiger partial charge in [0, 0.05) is 16.3 Å². The third kappa shape index (κ3) is 5.70. The number of carbonyl (C=O) groups excluding carboxylic acids is 2. The van der Waals surface area contributed by atoms with E-state index < -0.39 is 5.91 Å². The van der Waals surface area contributed by atoms with Crippen LogP contribution in [0.25, 0.3) is 6.08 Å².